The Balaban J connectivity index is 2.25. The van der Waals surface area contributed by atoms with E-state index in [0.717, 1.165) is 0 Å². The molecule has 0 bridgehead atoms. The van der Waals surface area contributed by atoms with Crippen molar-refractivity contribution in [1.82, 2.24) is 14.9 Å². The van der Waals surface area contributed by atoms with Crippen LogP contribution in [-0.4, -0.2) is 64.0 Å². The molecule has 0 aliphatic carbocycles. The lowest BCUT2D eigenvalue weighted by molar-refractivity contribution is -0.0140. The Kier molecular flexibility index (Phi) is 8.33. The first kappa shape index (κ1) is 23.5. The highest BCUT2D eigenvalue weighted by atomic mass is 32.1. The zero-order valence-corrected chi connectivity index (χ0v) is 18.8. The summed E-state index contributed by atoms with van der Waals surface area (Å²) in [5.74, 6) is 0.0517. The number of esters is 1. The fourth-order valence-corrected chi connectivity index (χ4v) is 4.03. The van der Waals surface area contributed by atoms with Gasteiger partial charge in [0.1, 0.15) is 15.5 Å². The molecule has 0 spiro atoms. The summed E-state index contributed by atoms with van der Waals surface area (Å²) in [7, 11) is 0. The standard InChI is InChI=1S/C20H31N3O5S/c1-7-27-20(26)17-13(6)16-18(25)21-15(22-19(16)29-17)9-23(11(2)3)8-14(24)10-28-12(4)5/h11-12,14,24H,7-10H2,1-6H3,(H,21,22,25)/t14-/m0/s1. The molecule has 2 rings (SSSR count). The maximum absolute atomic E-state index is 12.6. The van der Waals surface area contributed by atoms with Crippen molar-refractivity contribution in [3.05, 3.63) is 26.6 Å². The van der Waals surface area contributed by atoms with E-state index in [-0.39, 0.29) is 30.9 Å². The third kappa shape index (κ3) is 6.08. The third-order valence-corrected chi connectivity index (χ3v) is 5.63. The molecule has 29 heavy (non-hydrogen) atoms. The van der Waals surface area contributed by atoms with E-state index in [1.54, 1.807) is 13.8 Å². The molecule has 0 fully saturated rings. The van der Waals surface area contributed by atoms with Crippen LogP contribution >= 0.6 is 11.3 Å². The van der Waals surface area contributed by atoms with Crippen LogP contribution in [0.4, 0.5) is 0 Å². The highest BCUT2D eigenvalue weighted by Gasteiger charge is 2.22. The number of rotatable bonds is 10. The van der Waals surface area contributed by atoms with E-state index in [0.29, 0.717) is 39.6 Å². The quantitative estimate of drug-likeness (QED) is 0.563. The van der Waals surface area contributed by atoms with E-state index in [1.165, 1.54) is 11.3 Å². The van der Waals surface area contributed by atoms with Crippen LogP contribution in [0.5, 0.6) is 0 Å². The van der Waals surface area contributed by atoms with E-state index in [2.05, 4.69) is 9.97 Å². The number of hydrogen-bond acceptors (Lipinski definition) is 8. The van der Waals surface area contributed by atoms with Crippen LogP contribution in [-0.2, 0) is 16.0 Å². The summed E-state index contributed by atoms with van der Waals surface area (Å²) in [4.78, 5) is 35.1. The van der Waals surface area contributed by atoms with Crippen molar-refractivity contribution < 1.29 is 19.4 Å². The van der Waals surface area contributed by atoms with Crippen LogP contribution in [0.25, 0.3) is 10.2 Å². The number of nitrogens with zero attached hydrogens (tertiary/aromatic N) is 2. The molecule has 2 heterocycles. The number of thiophene rings is 1. The maximum atomic E-state index is 12.6. The molecule has 1 atom stereocenters. The minimum atomic E-state index is -0.644. The SMILES string of the molecule is CCOC(=O)c1sc2nc(CN(C[C@H](O)COC(C)C)C(C)C)[nH]c(=O)c2c1C. The van der Waals surface area contributed by atoms with E-state index in [9.17, 15) is 14.7 Å². The van der Waals surface area contributed by atoms with E-state index in [4.69, 9.17) is 9.47 Å². The number of hydrogen-bond donors (Lipinski definition) is 2. The number of aliphatic hydroxyl groups is 1. The average molecular weight is 426 g/mol. The molecule has 9 heteroatoms. The molecule has 0 saturated heterocycles. The van der Waals surface area contributed by atoms with Gasteiger partial charge in [0.2, 0.25) is 0 Å². The largest absolute Gasteiger partial charge is 0.462 e. The number of aliphatic hydroxyl groups excluding tert-OH is 1. The van der Waals surface area contributed by atoms with Crippen molar-refractivity contribution >= 4 is 27.5 Å². The molecule has 0 saturated carbocycles. The topological polar surface area (TPSA) is 105 Å². The predicted octanol–water partition coefficient (Wildman–Crippen LogP) is 2.47. The second kappa shape index (κ2) is 10.3. The zero-order valence-electron chi connectivity index (χ0n) is 17.9. The van der Waals surface area contributed by atoms with Gasteiger partial charge in [-0.1, -0.05) is 0 Å². The number of fused-ring (bicyclic) bond motifs is 1. The number of aryl methyl sites for hydroxylation is 1. The molecule has 2 aromatic rings. The molecule has 0 aliphatic rings. The van der Waals surface area contributed by atoms with Crippen LogP contribution in [0.2, 0.25) is 0 Å². The number of carbonyl (C=O) groups excluding carboxylic acids is 1. The second-order valence-corrected chi connectivity index (χ2v) is 8.53. The molecule has 162 valence electrons. The molecule has 0 unspecified atom stereocenters. The lowest BCUT2D eigenvalue weighted by Gasteiger charge is -2.28. The van der Waals surface area contributed by atoms with Gasteiger partial charge in [-0.15, -0.1) is 11.3 Å². The van der Waals surface area contributed by atoms with E-state index >= 15 is 0 Å². The highest BCUT2D eigenvalue weighted by molar-refractivity contribution is 7.20. The molecule has 0 amide bonds. The minimum Gasteiger partial charge on any atom is -0.462 e. The van der Waals surface area contributed by atoms with Crippen molar-refractivity contribution in [2.45, 2.75) is 66.3 Å². The fraction of sp³-hybridized carbons (Fsp3) is 0.650. The van der Waals surface area contributed by atoms with Gasteiger partial charge in [-0.3, -0.25) is 9.69 Å². The van der Waals surface area contributed by atoms with E-state index in [1.807, 2.05) is 32.6 Å². The molecule has 0 radical (unpaired) electrons. The van der Waals surface area contributed by atoms with Gasteiger partial charge in [-0.05, 0) is 47.1 Å². The van der Waals surface area contributed by atoms with Crippen molar-refractivity contribution in [2.24, 2.45) is 0 Å². The third-order valence-electron chi connectivity index (χ3n) is 4.46. The maximum Gasteiger partial charge on any atom is 0.348 e. The van der Waals surface area contributed by atoms with Crippen molar-refractivity contribution in [1.29, 1.82) is 0 Å². The van der Waals surface area contributed by atoms with Crippen molar-refractivity contribution in [3.8, 4) is 0 Å². The lowest BCUT2D eigenvalue weighted by atomic mass is 10.2. The second-order valence-electron chi connectivity index (χ2n) is 7.53. The summed E-state index contributed by atoms with van der Waals surface area (Å²) in [5.41, 5.74) is 0.312. The Bertz CT molecular complexity index is 890. The normalized spacial score (nSPS) is 13.0. The van der Waals surface area contributed by atoms with E-state index < -0.39 is 12.1 Å². The van der Waals surface area contributed by atoms with Crippen LogP contribution in [0.3, 0.4) is 0 Å². The summed E-state index contributed by atoms with van der Waals surface area (Å²) in [6.45, 7) is 12.6. The first-order valence-electron chi connectivity index (χ1n) is 9.87. The van der Waals surface area contributed by atoms with Crippen molar-refractivity contribution in [2.75, 3.05) is 19.8 Å². The molecule has 0 aromatic carbocycles. The smallest absolute Gasteiger partial charge is 0.348 e. The Labute approximate surface area is 174 Å². The number of H-pyrrole nitrogens is 1. The molecule has 8 nitrogen and oxygen atoms in total. The molecule has 2 N–H and O–H groups in total. The number of aromatic amines is 1. The Morgan fingerprint density at radius 1 is 1.31 bits per heavy atom. The first-order valence-corrected chi connectivity index (χ1v) is 10.7. The van der Waals surface area contributed by atoms with Crippen LogP contribution in [0.1, 0.15) is 55.7 Å². The Morgan fingerprint density at radius 2 is 2.00 bits per heavy atom. The van der Waals surface area contributed by atoms with Gasteiger partial charge in [-0.25, -0.2) is 9.78 Å². The van der Waals surface area contributed by atoms with Crippen LogP contribution < -0.4 is 5.56 Å². The van der Waals surface area contributed by atoms with Gasteiger partial charge in [-0.2, -0.15) is 0 Å². The molecular formula is C20H31N3O5S. The van der Waals surface area contributed by atoms with Gasteiger partial charge >= 0.3 is 5.97 Å². The number of nitrogens with one attached hydrogen (secondary N) is 1. The van der Waals surface area contributed by atoms with Gasteiger partial charge in [0.05, 0.1) is 37.4 Å². The van der Waals surface area contributed by atoms with Gasteiger partial charge < -0.3 is 19.6 Å². The Morgan fingerprint density at radius 3 is 2.59 bits per heavy atom. The summed E-state index contributed by atoms with van der Waals surface area (Å²) in [6.07, 6.45) is -0.595. The summed E-state index contributed by atoms with van der Waals surface area (Å²) in [5, 5.41) is 10.7. The minimum absolute atomic E-state index is 0.0493. The lowest BCUT2D eigenvalue weighted by Crippen LogP contribution is -2.39. The monoisotopic (exact) mass is 425 g/mol. The number of carbonyl (C=O) groups is 1. The zero-order chi connectivity index (χ0) is 21.7. The fourth-order valence-electron chi connectivity index (χ4n) is 2.93. The highest BCUT2D eigenvalue weighted by Crippen LogP contribution is 2.27. The molecule has 2 aromatic heterocycles. The van der Waals surface area contributed by atoms with Gasteiger partial charge in [0.15, 0.2) is 0 Å². The summed E-state index contributed by atoms with van der Waals surface area (Å²) >= 11 is 1.17. The van der Waals surface area contributed by atoms with Crippen LogP contribution in [0.15, 0.2) is 4.79 Å². The average Bonchev–Trinajstić information content (AvgIpc) is 2.96. The predicted molar refractivity (Wildman–Crippen MR) is 114 cm³/mol. The van der Waals surface area contributed by atoms with Gasteiger partial charge in [0, 0.05) is 12.6 Å². The molecular weight excluding hydrogens is 394 g/mol. The van der Waals surface area contributed by atoms with Gasteiger partial charge in [0.25, 0.3) is 5.56 Å². The summed E-state index contributed by atoms with van der Waals surface area (Å²) in [6, 6.07) is 0.130. The number of ether oxygens (including phenoxy) is 2. The first-order chi connectivity index (χ1) is 13.6. The summed E-state index contributed by atoms with van der Waals surface area (Å²) < 4.78 is 10.5. The van der Waals surface area contributed by atoms with Crippen LogP contribution in [0, 0.1) is 6.92 Å². The Hall–Kier alpha value is -1.81. The van der Waals surface area contributed by atoms with Crippen molar-refractivity contribution in [3.63, 3.8) is 0 Å². The number of aromatic nitrogens is 2. The molecule has 0 aliphatic heterocycles.